The van der Waals surface area contributed by atoms with Gasteiger partial charge in [-0.2, -0.15) is 0 Å². The molecule has 0 unspecified atom stereocenters. The van der Waals surface area contributed by atoms with Gasteiger partial charge in [0.05, 0.1) is 7.11 Å². The fourth-order valence-electron chi connectivity index (χ4n) is 3.38. The maximum Gasteiger partial charge on any atom is 0.189 e. The second-order valence-corrected chi connectivity index (χ2v) is 6.19. The molecule has 0 radical (unpaired) electrons. The Hall–Kier alpha value is -2.14. The van der Waals surface area contributed by atoms with Crippen LogP contribution in [0.25, 0.3) is 0 Å². The third-order valence-electron chi connectivity index (χ3n) is 4.76. The number of rotatable bonds is 6. The maximum atomic E-state index is 14.2. The highest BCUT2D eigenvalue weighted by atomic mass is 19.1. The number of benzene rings is 1. The Labute approximate surface area is 140 Å². The molecule has 1 aliphatic carbocycles. The van der Waals surface area contributed by atoms with Crippen molar-refractivity contribution in [2.24, 2.45) is 5.92 Å². The molecule has 1 heterocycles. The second kappa shape index (κ2) is 6.77. The molecule has 0 bridgehead atoms. The van der Waals surface area contributed by atoms with Crippen LogP contribution in [0.15, 0.2) is 42.7 Å². The number of methoxy groups -OCH3 is 1. The van der Waals surface area contributed by atoms with Gasteiger partial charge in [-0.3, -0.25) is 4.79 Å². The van der Waals surface area contributed by atoms with Crippen LogP contribution < -0.4 is 4.74 Å². The summed E-state index contributed by atoms with van der Waals surface area (Å²) in [5.74, 6) is 0.645. The van der Waals surface area contributed by atoms with Crippen molar-refractivity contribution in [1.29, 1.82) is 0 Å². The molecule has 1 aromatic carbocycles. The summed E-state index contributed by atoms with van der Waals surface area (Å²) in [5.41, 5.74) is -0.0503. The third-order valence-corrected chi connectivity index (χ3v) is 4.76. The summed E-state index contributed by atoms with van der Waals surface area (Å²) in [7, 11) is 1.51. The zero-order valence-corrected chi connectivity index (χ0v) is 13.7. The lowest BCUT2D eigenvalue weighted by atomic mass is 9.76. The molecule has 3 rings (SSSR count). The van der Waals surface area contributed by atoms with Crippen LogP contribution in [-0.2, 0) is 20.7 Å². The topological polar surface area (TPSA) is 44.8 Å². The van der Waals surface area contributed by atoms with E-state index >= 15 is 0 Å². The number of ether oxygens (including phenoxy) is 3. The predicted octanol–water partition coefficient (Wildman–Crippen LogP) is 3.56. The fourth-order valence-corrected chi connectivity index (χ4v) is 3.38. The Morgan fingerprint density at radius 1 is 1.50 bits per heavy atom. The summed E-state index contributed by atoms with van der Waals surface area (Å²) in [6, 6.07) is 4.84. The van der Waals surface area contributed by atoms with Gasteiger partial charge in [0.2, 0.25) is 0 Å². The smallest absolute Gasteiger partial charge is 0.189 e. The van der Waals surface area contributed by atoms with Gasteiger partial charge in [-0.05, 0) is 37.3 Å². The van der Waals surface area contributed by atoms with E-state index in [2.05, 4.69) is 6.58 Å². The van der Waals surface area contributed by atoms with Crippen LogP contribution in [0.2, 0.25) is 0 Å². The number of carbonyl (C=O) groups is 1. The number of allylic oxidation sites excluding steroid dienone is 2. The van der Waals surface area contributed by atoms with Gasteiger partial charge in [0.25, 0.3) is 0 Å². The maximum absolute atomic E-state index is 14.2. The van der Waals surface area contributed by atoms with Gasteiger partial charge in [0, 0.05) is 18.1 Å². The average molecular weight is 332 g/mol. The molecular weight excluding hydrogens is 311 g/mol. The normalized spacial score (nSPS) is 25.7. The molecule has 128 valence electrons. The van der Waals surface area contributed by atoms with Gasteiger partial charge in [0.15, 0.2) is 12.6 Å². The van der Waals surface area contributed by atoms with Crippen molar-refractivity contribution in [1.82, 2.24) is 0 Å². The Morgan fingerprint density at radius 3 is 3.04 bits per heavy atom. The summed E-state index contributed by atoms with van der Waals surface area (Å²) in [6.07, 6.45) is 5.48. The molecule has 2 aliphatic rings. The van der Waals surface area contributed by atoms with E-state index in [4.69, 9.17) is 14.2 Å². The number of aryl methyl sites for hydroxylation is 1. The van der Waals surface area contributed by atoms with Crippen molar-refractivity contribution in [3.63, 3.8) is 0 Å². The molecule has 0 N–H and O–H groups in total. The monoisotopic (exact) mass is 332 g/mol. The third kappa shape index (κ3) is 3.08. The van der Waals surface area contributed by atoms with Crippen LogP contribution in [0, 0.1) is 11.7 Å². The quantitative estimate of drug-likeness (QED) is 0.747. The standard InChI is InChI=1S/C19H21FO4/c1-3-4-14-11-19(18(10-17(14)21)23-12-24-19)8-7-13-5-6-15(22-2)9-16(13)20/h3,5-6,9-10,14H,1,4,7-8,11-12H2,2H3/t14-,19-/m0/s1. The lowest BCUT2D eigenvalue weighted by Crippen LogP contribution is -2.39. The summed E-state index contributed by atoms with van der Waals surface area (Å²) in [5, 5.41) is 0. The Balaban J connectivity index is 1.78. The fraction of sp³-hybridized carbons (Fsp3) is 0.421. The van der Waals surface area contributed by atoms with Crippen LogP contribution in [0.4, 0.5) is 4.39 Å². The highest BCUT2D eigenvalue weighted by molar-refractivity contribution is 5.93. The Kier molecular flexibility index (Phi) is 4.71. The number of ketones is 1. The average Bonchev–Trinajstić information content (AvgIpc) is 2.97. The molecule has 1 saturated heterocycles. The van der Waals surface area contributed by atoms with Crippen molar-refractivity contribution in [3.8, 4) is 5.75 Å². The lowest BCUT2D eigenvalue weighted by molar-refractivity contribution is -0.121. The minimum Gasteiger partial charge on any atom is -0.497 e. The minimum atomic E-state index is -0.645. The summed E-state index contributed by atoms with van der Waals surface area (Å²) in [6.45, 7) is 3.84. The molecular formula is C19H21FO4. The first-order valence-electron chi connectivity index (χ1n) is 8.04. The van der Waals surface area contributed by atoms with Crippen molar-refractivity contribution in [2.75, 3.05) is 13.9 Å². The SMILES string of the molecule is C=CC[C@H]1C[C@]2(CCc3ccc(OC)cc3F)OCOC2=CC1=O. The first-order valence-corrected chi connectivity index (χ1v) is 8.04. The molecule has 1 fully saturated rings. The highest BCUT2D eigenvalue weighted by Crippen LogP contribution is 2.43. The van der Waals surface area contributed by atoms with E-state index in [9.17, 15) is 9.18 Å². The van der Waals surface area contributed by atoms with Gasteiger partial charge in [-0.25, -0.2) is 4.39 Å². The van der Waals surface area contributed by atoms with Crippen LogP contribution in [-0.4, -0.2) is 25.3 Å². The molecule has 0 amide bonds. The molecule has 2 atom stereocenters. The summed E-state index contributed by atoms with van der Waals surface area (Å²) >= 11 is 0. The number of hydrogen-bond donors (Lipinski definition) is 0. The first-order chi connectivity index (χ1) is 11.6. The van der Waals surface area contributed by atoms with Gasteiger partial charge < -0.3 is 14.2 Å². The Bertz CT molecular complexity index is 682. The van der Waals surface area contributed by atoms with Gasteiger partial charge >= 0.3 is 0 Å². The molecule has 0 aromatic heterocycles. The van der Waals surface area contributed by atoms with Crippen LogP contribution >= 0.6 is 0 Å². The van der Waals surface area contributed by atoms with E-state index in [1.807, 2.05) is 0 Å². The number of fused-ring (bicyclic) bond motifs is 1. The summed E-state index contributed by atoms with van der Waals surface area (Å²) in [4.78, 5) is 12.1. The lowest BCUT2D eigenvalue weighted by Gasteiger charge is -2.33. The summed E-state index contributed by atoms with van der Waals surface area (Å²) < 4.78 is 30.5. The number of hydrogen-bond acceptors (Lipinski definition) is 4. The minimum absolute atomic E-state index is 0.0432. The number of carbonyl (C=O) groups excluding carboxylic acids is 1. The van der Waals surface area contributed by atoms with Crippen molar-refractivity contribution >= 4 is 5.78 Å². The van der Waals surface area contributed by atoms with Crippen LogP contribution in [0.3, 0.4) is 0 Å². The molecule has 24 heavy (non-hydrogen) atoms. The van der Waals surface area contributed by atoms with E-state index in [0.29, 0.717) is 42.8 Å². The van der Waals surface area contributed by atoms with E-state index < -0.39 is 5.60 Å². The van der Waals surface area contributed by atoms with E-state index in [1.54, 1.807) is 18.2 Å². The van der Waals surface area contributed by atoms with Crippen molar-refractivity contribution < 1.29 is 23.4 Å². The van der Waals surface area contributed by atoms with E-state index in [-0.39, 0.29) is 24.3 Å². The van der Waals surface area contributed by atoms with Gasteiger partial charge in [-0.1, -0.05) is 12.1 Å². The molecule has 1 aliphatic heterocycles. The largest absolute Gasteiger partial charge is 0.497 e. The molecule has 0 saturated carbocycles. The second-order valence-electron chi connectivity index (χ2n) is 6.19. The van der Waals surface area contributed by atoms with Crippen LogP contribution in [0.1, 0.15) is 24.8 Å². The van der Waals surface area contributed by atoms with E-state index in [1.165, 1.54) is 19.3 Å². The van der Waals surface area contributed by atoms with Gasteiger partial charge in [-0.15, -0.1) is 6.58 Å². The number of halogens is 1. The Morgan fingerprint density at radius 2 is 2.33 bits per heavy atom. The zero-order chi connectivity index (χ0) is 17.2. The van der Waals surface area contributed by atoms with E-state index in [0.717, 1.165) is 0 Å². The highest BCUT2D eigenvalue weighted by Gasteiger charge is 2.47. The zero-order valence-electron chi connectivity index (χ0n) is 13.7. The predicted molar refractivity (Wildman–Crippen MR) is 87.1 cm³/mol. The van der Waals surface area contributed by atoms with Crippen molar-refractivity contribution in [3.05, 3.63) is 54.1 Å². The first kappa shape index (κ1) is 16.7. The van der Waals surface area contributed by atoms with Gasteiger partial charge in [0.1, 0.15) is 22.9 Å². The molecule has 0 spiro atoms. The molecule has 1 aromatic rings. The molecule has 4 nitrogen and oxygen atoms in total. The van der Waals surface area contributed by atoms with Crippen LogP contribution in [0.5, 0.6) is 5.75 Å². The van der Waals surface area contributed by atoms with Crippen molar-refractivity contribution in [2.45, 2.75) is 31.3 Å². The molecule has 5 heteroatoms.